The molecule has 0 aromatic rings. The largest absolute Gasteiger partial charge is 0.364 e. The topological polar surface area (TPSA) is 32.7 Å². The molecule has 1 unspecified atom stereocenters. The van der Waals surface area contributed by atoms with Crippen molar-refractivity contribution < 1.29 is 9.84 Å². The van der Waals surface area contributed by atoms with Gasteiger partial charge in [-0.1, -0.05) is 0 Å². The minimum Gasteiger partial charge on any atom is -0.364 e. The summed E-state index contributed by atoms with van der Waals surface area (Å²) >= 11 is 0. The lowest BCUT2D eigenvalue weighted by molar-refractivity contribution is -0.178. The van der Waals surface area contributed by atoms with Crippen molar-refractivity contribution >= 4 is 0 Å². The van der Waals surface area contributed by atoms with Gasteiger partial charge < -0.3 is 14.7 Å². The molecule has 1 rings (SSSR count). The van der Waals surface area contributed by atoms with E-state index in [0.29, 0.717) is 13.2 Å². The van der Waals surface area contributed by atoms with Gasteiger partial charge in [0.05, 0.1) is 13.2 Å². The third kappa shape index (κ3) is 1.94. The SMILES string of the molecule is CN(C)CC1(O)CCCO1. The van der Waals surface area contributed by atoms with Gasteiger partial charge in [0.25, 0.3) is 0 Å². The van der Waals surface area contributed by atoms with Gasteiger partial charge in [-0.2, -0.15) is 0 Å². The Morgan fingerprint density at radius 1 is 1.60 bits per heavy atom. The first kappa shape index (κ1) is 7.98. The van der Waals surface area contributed by atoms with Crippen molar-refractivity contribution in [3.63, 3.8) is 0 Å². The van der Waals surface area contributed by atoms with E-state index in [2.05, 4.69) is 0 Å². The van der Waals surface area contributed by atoms with Gasteiger partial charge in [-0.15, -0.1) is 0 Å². The molecule has 1 fully saturated rings. The summed E-state index contributed by atoms with van der Waals surface area (Å²) in [4.78, 5) is 1.94. The zero-order valence-electron chi connectivity index (χ0n) is 6.63. The lowest BCUT2D eigenvalue weighted by Crippen LogP contribution is -2.39. The average Bonchev–Trinajstić information content (AvgIpc) is 2.12. The van der Waals surface area contributed by atoms with Gasteiger partial charge in [-0.05, 0) is 20.5 Å². The van der Waals surface area contributed by atoms with Gasteiger partial charge in [-0.3, -0.25) is 0 Å². The van der Waals surface area contributed by atoms with Crippen molar-refractivity contribution in [3.8, 4) is 0 Å². The second kappa shape index (κ2) is 2.86. The van der Waals surface area contributed by atoms with Crippen LogP contribution in [0.1, 0.15) is 12.8 Å². The van der Waals surface area contributed by atoms with E-state index in [1.54, 1.807) is 0 Å². The van der Waals surface area contributed by atoms with Crippen molar-refractivity contribution in [2.45, 2.75) is 18.6 Å². The van der Waals surface area contributed by atoms with Crippen LogP contribution < -0.4 is 0 Å². The molecule has 0 saturated carbocycles. The summed E-state index contributed by atoms with van der Waals surface area (Å²) in [6.45, 7) is 1.30. The molecule has 0 aromatic carbocycles. The van der Waals surface area contributed by atoms with E-state index in [4.69, 9.17) is 4.74 Å². The van der Waals surface area contributed by atoms with Crippen LogP contribution in [0.3, 0.4) is 0 Å². The van der Waals surface area contributed by atoms with Crippen molar-refractivity contribution in [1.29, 1.82) is 0 Å². The quantitative estimate of drug-likeness (QED) is 0.596. The Kier molecular flexibility index (Phi) is 2.28. The first-order chi connectivity index (χ1) is 4.62. The number of nitrogens with zero attached hydrogens (tertiary/aromatic N) is 1. The van der Waals surface area contributed by atoms with Crippen molar-refractivity contribution in [3.05, 3.63) is 0 Å². The monoisotopic (exact) mass is 145 g/mol. The molecule has 1 N–H and O–H groups in total. The summed E-state index contributed by atoms with van der Waals surface area (Å²) in [7, 11) is 3.86. The minimum atomic E-state index is -0.858. The summed E-state index contributed by atoms with van der Waals surface area (Å²) in [5, 5.41) is 9.60. The molecule has 0 amide bonds. The van der Waals surface area contributed by atoms with Gasteiger partial charge >= 0.3 is 0 Å². The Morgan fingerprint density at radius 3 is 2.70 bits per heavy atom. The van der Waals surface area contributed by atoms with E-state index in [0.717, 1.165) is 12.8 Å². The molecule has 0 spiro atoms. The van der Waals surface area contributed by atoms with E-state index in [1.807, 2.05) is 19.0 Å². The van der Waals surface area contributed by atoms with Crippen molar-refractivity contribution in [1.82, 2.24) is 4.90 Å². The van der Waals surface area contributed by atoms with E-state index >= 15 is 0 Å². The number of rotatable bonds is 2. The molecule has 1 aliphatic heterocycles. The summed E-state index contributed by atoms with van der Waals surface area (Å²) in [5.74, 6) is -0.858. The second-order valence-electron chi connectivity index (χ2n) is 3.14. The minimum absolute atomic E-state index is 0.604. The van der Waals surface area contributed by atoms with E-state index in [-0.39, 0.29) is 0 Å². The zero-order valence-corrected chi connectivity index (χ0v) is 6.63. The standard InChI is InChI=1S/C7H15NO2/c1-8(2)6-7(9)4-3-5-10-7/h9H,3-6H2,1-2H3. The Hall–Kier alpha value is -0.120. The molecule has 1 aliphatic rings. The maximum atomic E-state index is 9.60. The summed E-state index contributed by atoms with van der Waals surface area (Å²) < 4.78 is 5.17. The summed E-state index contributed by atoms with van der Waals surface area (Å²) in [6.07, 6.45) is 1.75. The van der Waals surface area contributed by atoms with Gasteiger partial charge in [0.15, 0.2) is 5.79 Å². The molecule has 0 radical (unpaired) electrons. The molecule has 0 aromatic heterocycles. The Morgan fingerprint density at radius 2 is 2.30 bits per heavy atom. The number of hydrogen-bond donors (Lipinski definition) is 1. The fraction of sp³-hybridized carbons (Fsp3) is 1.00. The molecule has 1 heterocycles. The molecule has 3 nitrogen and oxygen atoms in total. The van der Waals surface area contributed by atoms with Crippen LogP contribution >= 0.6 is 0 Å². The molecule has 60 valence electrons. The number of aliphatic hydroxyl groups is 1. The molecule has 10 heavy (non-hydrogen) atoms. The third-order valence-corrected chi connectivity index (χ3v) is 1.65. The predicted octanol–water partition coefficient (Wildman–Crippen LogP) is 0.0470. The fourth-order valence-electron chi connectivity index (χ4n) is 1.30. The predicted molar refractivity (Wildman–Crippen MR) is 38.7 cm³/mol. The van der Waals surface area contributed by atoms with Crippen LogP contribution in [-0.2, 0) is 4.74 Å². The normalized spacial score (nSPS) is 33.6. The number of likely N-dealkylation sites (N-methyl/N-ethyl adjacent to an activating group) is 1. The van der Waals surface area contributed by atoms with Gasteiger partial charge in [-0.25, -0.2) is 0 Å². The van der Waals surface area contributed by atoms with Gasteiger partial charge in [0.1, 0.15) is 0 Å². The molecule has 0 bridgehead atoms. The number of hydrogen-bond acceptors (Lipinski definition) is 3. The maximum absolute atomic E-state index is 9.60. The average molecular weight is 145 g/mol. The molecule has 1 atom stereocenters. The first-order valence-electron chi connectivity index (χ1n) is 3.63. The highest BCUT2D eigenvalue weighted by molar-refractivity contribution is 4.75. The Labute approximate surface area is 61.6 Å². The second-order valence-corrected chi connectivity index (χ2v) is 3.14. The van der Waals surface area contributed by atoms with Gasteiger partial charge in [0, 0.05) is 6.42 Å². The van der Waals surface area contributed by atoms with Crippen LogP contribution in [0.4, 0.5) is 0 Å². The lowest BCUT2D eigenvalue weighted by Gasteiger charge is -2.24. The first-order valence-corrected chi connectivity index (χ1v) is 3.63. The lowest BCUT2D eigenvalue weighted by atomic mass is 10.2. The van der Waals surface area contributed by atoms with E-state index < -0.39 is 5.79 Å². The molecule has 3 heteroatoms. The van der Waals surface area contributed by atoms with Crippen LogP contribution in [-0.4, -0.2) is 43.0 Å². The Bertz CT molecular complexity index is 108. The smallest absolute Gasteiger partial charge is 0.178 e. The fourth-order valence-corrected chi connectivity index (χ4v) is 1.30. The molecule has 0 aliphatic carbocycles. The van der Waals surface area contributed by atoms with E-state index in [9.17, 15) is 5.11 Å². The summed E-state index contributed by atoms with van der Waals surface area (Å²) in [6, 6.07) is 0. The molecular formula is C7H15NO2. The number of ether oxygens (including phenoxy) is 1. The third-order valence-electron chi connectivity index (χ3n) is 1.65. The van der Waals surface area contributed by atoms with Crippen LogP contribution in [0.2, 0.25) is 0 Å². The van der Waals surface area contributed by atoms with Crippen LogP contribution in [0.15, 0.2) is 0 Å². The highest BCUT2D eigenvalue weighted by Gasteiger charge is 2.32. The molecule has 1 saturated heterocycles. The van der Waals surface area contributed by atoms with E-state index in [1.165, 1.54) is 0 Å². The van der Waals surface area contributed by atoms with Crippen molar-refractivity contribution in [2.24, 2.45) is 0 Å². The highest BCUT2D eigenvalue weighted by Crippen LogP contribution is 2.22. The zero-order chi connectivity index (χ0) is 7.61. The summed E-state index contributed by atoms with van der Waals surface area (Å²) in [5.41, 5.74) is 0. The molecular weight excluding hydrogens is 130 g/mol. The van der Waals surface area contributed by atoms with Crippen molar-refractivity contribution in [2.75, 3.05) is 27.2 Å². The van der Waals surface area contributed by atoms with Gasteiger partial charge in [0.2, 0.25) is 0 Å². The van der Waals surface area contributed by atoms with Crippen LogP contribution in [0.5, 0.6) is 0 Å². The Balaban J connectivity index is 2.36. The highest BCUT2D eigenvalue weighted by atomic mass is 16.6. The maximum Gasteiger partial charge on any atom is 0.178 e. The van der Waals surface area contributed by atoms with Crippen LogP contribution in [0, 0.1) is 0 Å². The van der Waals surface area contributed by atoms with Crippen LogP contribution in [0.25, 0.3) is 0 Å².